The van der Waals surface area contributed by atoms with Gasteiger partial charge in [0.05, 0.1) is 19.1 Å². The zero-order valence-electron chi connectivity index (χ0n) is 15.1. The molecule has 10 heteroatoms. The minimum atomic E-state index is -3.35. The Morgan fingerprint density at radius 2 is 1.79 bits per heavy atom. The molecule has 0 saturated heterocycles. The highest BCUT2D eigenvalue weighted by Gasteiger charge is 2.13. The van der Waals surface area contributed by atoms with Gasteiger partial charge in [0.1, 0.15) is 5.75 Å². The molecule has 1 aromatic heterocycles. The van der Waals surface area contributed by atoms with Crippen molar-refractivity contribution >= 4 is 33.3 Å². The molecule has 0 fully saturated rings. The lowest BCUT2D eigenvalue weighted by atomic mass is 10.1. The van der Waals surface area contributed by atoms with Gasteiger partial charge in [-0.15, -0.1) is 10.2 Å². The molecule has 0 atom stereocenters. The third-order valence-corrected chi connectivity index (χ3v) is 5.01. The van der Waals surface area contributed by atoms with Crippen LogP contribution in [-0.4, -0.2) is 43.5 Å². The largest absolute Gasteiger partial charge is 0.497 e. The van der Waals surface area contributed by atoms with Gasteiger partial charge in [0, 0.05) is 16.8 Å². The number of hydrogen-bond donors (Lipinski definition) is 1. The molecular weight excluding hydrogens is 402 g/mol. The van der Waals surface area contributed by atoms with Gasteiger partial charge in [0.25, 0.3) is 5.22 Å². The molecule has 3 rings (SSSR count). The number of ketones is 1. The first-order chi connectivity index (χ1) is 13.3. The number of anilines is 1. The van der Waals surface area contributed by atoms with Crippen molar-refractivity contribution in [3.63, 3.8) is 0 Å². The van der Waals surface area contributed by atoms with E-state index in [0.29, 0.717) is 17.1 Å². The molecule has 0 amide bonds. The number of Topliss-reactive ketones (excluding diaryl/α,β-unsaturated/α-hetero) is 1. The molecule has 0 bridgehead atoms. The van der Waals surface area contributed by atoms with E-state index in [1.54, 1.807) is 43.5 Å². The molecule has 0 radical (unpaired) electrons. The molecule has 2 aromatic carbocycles. The molecule has 0 unspecified atom stereocenters. The van der Waals surface area contributed by atoms with E-state index >= 15 is 0 Å². The van der Waals surface area contributed by atoms with Gasteiger partial charge >= 0.3 is 0 Å². The normalized spacial score (nSPS) is 11.2. The zero-order valence-corrected chi connectivity index (χ0v) is 16.7. The number of nitrogens with zero attached hydrogens (tertiary/aromatic N) is 2. The van der Waals surface area contributed by atoms with E-state index in [-0.39, 0.29) is 16.8 Å². The number of nitrogens with one attached hydrogen (secondary N) is 1. The van der Waals surface area contributed by atoms with Crippen LogP contribution in [0.5, 0.6) is 5.75 Å². The van der Waals surface area contributed by atoms with Gasteiger partial charge in [-0.1, -0.05) is 11.8 Å². The average Bonchev–Trinajstić information content (AvgIpc) is 3.14. The third-order valence-electron chi connectivity index (χ3n) is 3.58. The second-order valence-corrected chi connectivity index (χ2v) is 8.44. The maximum Gasteiger partial charge on any atom is 0.277 e. The van der Waals surface area contributed by atoms with Crippen LogP contribution in [0.25, 0.3) is 11.5 Å². The topological polar surface area (TPSA) is 111 Å². The van der Waals surface area contributed by atoms with Gasteiger partial charge in [-0.25, -0.2) is 8.42 Å². The van der Waals surface area contributed by atoms with Gasteiger partial charge in [-0.3, -0.25) is 9.52 Å². The van der Waals surface area contributed by atoms with Crippen molar-refractivity contribution in [2.24, 2.45) is 0 Å². The van der Waals surface area contributed by atoms with Crippen molar-refractivity contribution in [3.8, 4) is 17.2 Å². The predicted molar refractivity (Wildman–Crippen MR) is 106 cm³/mol. The van der Waals surface area contributed by atoms with Gasteiger partial charge in [0.2, 0.25) is 15.9 Å². The van der Waals surface area contributed by atoms with E-state index in [1.807, 2.05) is 0 Å². The van der Waals surface area contributed by atoms with Gasteiger partial charge in [0.15, 0.2) is 5.78 Å². The fourth-order valence-corrected chi connectivity index (χ4v) is 3.49. The Labute approximate surface area is 166 Å². The molecule has 0 aliphatic carbocycles. The summed E-state index contributed by atoms with van der Waals surface area (Å²) in [6.45, 7) is 0. The smallest absolute Gasteiger partial charge is 0.277 e. The van der Waals surface area contributed by atoms with Crippen LogP contribution in [0.4, 0.5) is 5.69 Å². The first kappa shape index (κ1) is 19.9. The molecule has 0 saturated carbocycles. The molecule has 0 aliphatic heterocycles. The fraction of sp³-hybridized carbons (Fsp3) is 0.167. The summed E-state index contributed by atoms with van der Waals surface area (Å²) >= 11 is 1.13. The van der Waals surface area contributed by atoms with Crippen molar-refractivity contribution in [3.05, 3.63) is 54.1 Å². The molecule has 1 N–H and O–H groups in total. The van der Waals surface area contributed by atoms with Crippen LogP contribution < -0.4 is 9.46 Å². The van der Waals surface area contributed by atoms with E-state index in [1.165, 1.54) is 12.1 Å². The molecule has 28 heavy (non-hydrogen) atoms. The van der Waals surface area contributed by atoms with Crippen molar-refractivity contribution in [1.82, 2.24) is 10.2 Å². The number of aromatic nitrogens is 2. The van der Waals surface area contributed by atoms with Gasteiger partial charge in [-0.05, 0) is 48.5 Å². The first-order valence-electron chi connectivity index (χ1n) is 8.06. The lowest BCUT2D eigenvalue weighted by molar-refractivity contribution is 0.102. The number of hydrogen-bond acceptors (Lipinski definition) is 8. The number of carbonyl (C=O) groups is 1. The van der Waals surface area contributed by atoms with E-state index in [4.69, 9.17) is 9.15 Å². The molecule has 3 aromatic rings. The summed E-state index contributed by atoms with van der Waals surface area (Å²) in [5.74, 6) is 1.05. The standard InChI is InChI=1S/C18H17N3O5S2/c1-25-15-9-5-13(6-10-15)17-19-20-18(26-17)27-11-16(22)12-3-7-14(8-4-12)21-28(2,23)24/h3-10,21H,11H2,1-2H3. The SMILES string of the molecule is COc1ccc(-c2nnc(SCC(=O)c3ccc(NS(C)(=O)=O)cc3)o2)cc1. The first-order valence-corrected chi connectivity index (χ1v) is 10.9. The lowest BCUT2D eigenvalue weighted by Crippen LogP contribution is -2.10. The van der Waals surface area contributed by atoms with Crippen LogP contribution in [0.3, 0.4) is 0 Å². The quantitative estimate of drug-likeness (QED) is 0.438. The molecule has 0 spiro atoms. The van der Waals surface area contributed by atoms with Crippen LogP contribution in [-0.2, 0) is 10.0 Å². The highest BCUT2D eigenvalue weighted by atomic mass is 32.2. The molecule has 1 heterocycles. The maximum atomic E-state index is 12.3. The van der Waals surface area contributed by atoms with Crippen molar-refractivity contribution < 1.29 is 22.4 Å². The Morgan fingerprint density at radius 3 is 2.39 bits per heavy atom. The number of benzene rings is 2. The van der Waals surface area contributed by atoms with Crippen molar-refractivity contribution in [2.45, 2.75) is 5.22 Å². The molecular formula is C18H17N3O5S2. The van der Waals surface area contributed by atoms with E-state index in [0.717, 1.165) is 29.3 Å². The highest BCUT2D eigenvalue weighted by Crippen LogP contribution is 2.25. The van der Waals surface area contributed by atoms with Crippen molar-refractivity contribution in [1.29, 1.82) is 0 Å². The summed E-state index contributed by atoms with van der Waals surface area (Å²) in [5.41, 5.74) is 1.61. The number of sulfonamides is 1. The Balaban J connectivity index is 1.59. The van der Waals surface area contributed by atoms with Crippen LogP contribution in [0.1, 0.15) is 10.4 Å². The number of rotatable bonds is 8. The Hall–Kier alpha value is -2.85. The third kappa shape index (κ3) is 5.33. The van der Waals surface area contributed by atoms with Gasteiger partial charge in [-0.2, -0.15) is 0 Å². The summed E-state index contributed by atoms with van der Waals surface area (Å²) in [5, 5.41) is 8.21. The van der Waals surface area contributed by atoms with E-state index in [9.17, 15) is 13.2 Å². The second kappa shape index (κ2) is 8.44. The molecule has 8 nitrogen and oxygen atoms in total. The van der Waals surface area contributed by atoms with Crippen LogP contribution in [0, 0.1) is 0 Å². The minimum Gasteiger partial charge on any atom is -0.497 e. The number of carbonyl (C=O) groups excluding carboxylic acids is 1. The summed E-state index contributed by atoms with van der Waals surface area (Å²) < 4.78 is 35.4. The summed E-state index contributed by atoms with van der Waals surface area (Å²) in [7, 11) is -1.77. The zero-order chi connectivity index (χ0) is 20.1. The molecule has 146 valence electrons. The predicted octanol–water partition coefficient (Wildman–Crippen LogP) is 3.09. The van der Waals surface area contributed by atoms with Crippen LogP contribution >= 0.6 is 11.8 Å². The van der Waals surface area contributed by atoms with E-state index < -0.39 is 10.0 Å². The lowest BCUT2D eigenvalue weighted by Gasteiger charge is -2.04. The Morgan fingerprint density at radius 1 is 1.11 bits per heavy atom. The second-order valence-electron chi connectivity index (χ2n) is 5.77. The Bertz CT molecular complexity index is 1060. The minimum absolute atomic E-state index is 0.114. The average molecular weight is 419 g/mol. The number of ether oxygens (including phenoxy) is 1. The Kier molecular flexibility index (Phi) is 6.00. The summed E-state index contributed by atoms with van der Waals surface area (Å²) in [6.07, 6.45) is 1.06. The monoisotopic (exact) mass is 419 g/mol. The molecule has 0 aliphatic rings. The summed E-state index contributed by atoms with van der Waals surface area (Å²) in [6, 6.07) is 13.4. The maximum absolute atomic E-state index is 12.3. The number of thioether (sulfide) groups is 1. The van der Waals surface area contributed by atoms with Crippen LogP contribution in [0.2, 0.25) is 0 Å². The van der Waals surface area contributed by atoms with Crippen molar-refractivity contribution in [2.75, 3.05) is 23.8 Å². The highest BCUT2D eigenvalue weighted by molar-refractivity contribution is 7.99. The van der Waals surface area contributed by atoms with Crippen LogP contribution in [0.15, 0.2) is 58.2 Å². The fourth-order valence-electron chi connectivity index (χ4n) is 2.27. The summed E-state index contributed by atoms with van der Waals surface area (Å²) in [4.78, 5) is 12.3. The van der Waals surface area contributed by atoms with Gasteiger partial charge < -0.3 is 9.15 Å². The number of methoxy groups -OCH3 is 1. The van der Waals surface area contributed by atoms with E-state index in [2.05, 4.69) is 14.9 Å².